The van der Waals surface area contributed by atoms with Crippen molar-refractivity contribution in [2.24, 2.45) is 0 Å². The number of aryl methyl sites for hydroxylation is 1. The van der Waals surface area contributed by atoms with Gasteiger partial charge in [-0.25, -0.2) is 4.98 Å². The predicted molar refractivity (Wildman–Crippen MR) is 49.9 cm³/mol. The molecular weight excluding hydrogens is 266 g/mol. The number of anilines is 1. The van der Waals surface area contributed by atoms with E-state index < -0.39 is 24.3 Å². The van der Waals surface area contributed by atoms with Crippen molar-refractivity contribution in [2.45, 2.75) is 25.4 Å². The van der Waals surface area contributed by atoms with Crippen molar-refractivity contribution in [3.05, 3.63) is 17.8 Å². The van der Waals surface area contributed by atoms with E-state index in [1.54, 1.807) is 0 Å². The van der Waals surface area contributed by atoms with Crippen molar-refractivity contribution in [1.29, 1.82) is 0 Å². The first kappa shape index (κ1) is 14.4. The van der Waals surface area contributed by atoms with Crippen LogP contribution in [0.4, 0.5) is 32.0 Å². The molecule has 1 aromatic rings. The van der Waals surface area contributed by atoms with E-state index in [0.29, 0.717) is 5.56 Å². The van der Waals surface area contributed by atoms with Crippen LogP contribution in [0.1, 0.15) is 5.56 Å². The van der Waals surface area contributed by atoms with Gasteiger partial charge in [0, 0.05) is 18.0 Å². The van der Waals surface area contributed by atoms with Crippen molar-refractivity contribution in [2.75, 3.05) is 5.73 Å². The van der Waals surface area contributed by atoms with Gasteiger partial charge in [0.2, 0.25) is 5.88 Å². The molecule has 0 atom stereocenters. The minimum Gasteiger partial charge on any atom is -0.455 e. The van der Waals surface area contributed by atoms with Crippen molar-refractivity contribution in [3.8, 4) is 5.88 Å². The van der Waals surface area contributed by atoms with E-state index in [2.05, 4.69) is 9.72 Å². The summed E-state index contributed by atoms with van der Waals surface area (Å²) in [6.45, 7) is 1.50. The summed E-state index contributed by atoms with van der Waals surface area (Å²) >= 11 is 0. The van der Waals surface area contributed by atoms with E-state index >= 15 is 0 Å². The quantitative estimate of drug-likeness (QED) is 0.843. The molecule has 0 amide bonds. The number of ether oxygens (including phenoxy) is 1. The third-order valence-corrected chi connectivity index (χ3v) is 1.95. The molecule has 3 nitrogen and oxygen atoms in total. The first-order valence-corrected chi connectivity index (χ1v) is 4.54. The molecule has 1 aromatic heterocycles. The topological polar surface area (TPSA) is 48.1 Å². The average Bonchev–Trinajstić information content (AvgIpc) is 2.16. The fourth-order valence-electron chi connectivity index (χ4n) is 1.02. The minimum absolute atomic E-state index is 0.0110. The van der Waals surface area contributed by atoms with E-state index in [1.165, 1.54) is 6.92 Å². The summed E-state index contributed by atoms with van der Waals surface area (Å²) < 4.78 is 76.9. The Bertz CT molecular complexity index is 414. The lowest BCUT2D eigenvalue weighted by molar-refractivity contribution is -0.300. The number of rotatable bonds is 2. The molecule has 2 N–H and O–H groups in total. The molecule has 1 rings (SSSR count). The predicted octanol–water partition coefficient (Wildman–Crippen LogP) is 2.84. The monoisotopic (exact) mass is 274 g/mol. The fourth-order valence-corrected chi connectivity index (χ4v) is 1.02. The molecule has 0 unspecified atom stereocenters. The smallest absolute Gasteiger partial charge is 0.434 e. The van der Waals surface area contributed by atoms with E-state index in [9.17, 15) is 26.3 Å². The normalized spacial score (nSPS) is 12.9. The highest BCUT2D eigenvalue weighted by molar-refractivity contribution is 5.47. The molecule has 0 spiro atoms. The highest BCUT2D eigenvalue weighted by atomic mass is 19.4. The fraction of sp³-hybridized carbons (Fsp3) is 0.444. The van der Waals surface area contributed by atoms with Crippen LogP contribution in [-0.4, -0.2) is 23.4 Å². The maximum atomic E-state index is 12.2. The number of alkyl halides is 6. The molecular formula is C9H8F6N2O. The van der Waals surface area contributed by atoms with Gasteiger partial charge in [-0.2, -0.15) is 26.3 Å². The number of nitrogens with zero attached hydrogens (tertiary/aromatic N) is 1. The third-order valence-electron chi connectivity index (χ3n) is 1.95. The van der Waals surface area contributed by atoms with Crippen LogP contribution in [0.3, 0.4) is 0 Å². The molecule has 0 saturated heterocycles. The van der Waals surface area contributed by atoms with Gasteiger partial charge in [0.25, 0.3) is 6.10 Å². The van der Waals surface area contributed by atoms with Crippen LogP contribution in [-0.2, 0) is 0 Å². The minimum atomic E-state index is -5.58. The van der Waals surface area contributed by atoms with Crippen molar-refractivity contribution in [3.63, 3.8) is 0 Å². The van der Waals surface area contributed by atoms with Gasteiger partial charge in [0.05, 0.1) is 0 Å². The number of hydrogen-bond acceptors (Lipinski definition) is 3. The first-order valence-electron chi connectivity index (χ1n) is 4.54. The standard InChI is InChI=1S/C9H8F6N2O/c1-4-3-17-6(2-5(4)16)18-7(8(10,11)12)9(13,14)15/h2-3,7H,1H3,(H2,16,17). The Morgan fingerprint density at radius 2 is 1.67 bits per heavy atom. The van der Waals surface area contributed by atoms with E-state index in [1.807, 2.05) is 0 Å². The largest absolute Gasteiger partial charge is 0.455 e. The molecule has 0 fully saturated rings. The van der Waals surface area contributed by atoms with Gasteiger partial charge in [-0.05, 0) is 12.5 Å². The van der Waals surface area contributed by atoms with Gasteiger partial charge in [0.15, 0.2) is 0 Å². The summed E-state index contributed by atoms with van der Waals surface area (Å²) in [5.74, 6) is -0.835. The number of pyridine rings is 1. The molecule has 9 heteroatoms. The Kier molecular flexibility index (Phi) is 3.63. The first-order chi connectivity index (χ1) is 8.01. The van der Waals surface area contributed by atoms with Crippen molar-refractivity contribution >= 4 is 5.69 Å². The van der Waals surface area contributed by atoms with Gasteiger partial charge in [-0.15, -0.1) is 0 Å². The van der Waals surface area contributed by atoms with Gasteiger partial charge in [-0.1, -0.05) is 0 Å². The molecule has 0 aliphatic rings. The van der Waals surface area contributed by atoms with Gasteiger partial charge < -0.3 is 10.5 Å². The number of halogens is 6. The Balaban J connectivity index is 3.01. The summed E-state index contributed by atoms with van der Waals surface area (Å²) in [5.41, 5.74) is 5.74. The molecule has 0 radical (unpaired) electrons. The summed E-state index contributed by atoms with van der Waals surface area (Å²) in [5, 5.41) is 0. The van der Waals surface area contributed by atoms with E-state index in [-0.39, 0.29) is 5.69 Å². The van der Waals surface area contributed by atoms with Crippen LogP contribution >= 0.6 is 0 Å². The van der Waals surface area contributed by atoms with Gasteiger partial charge in [0.1, 0.15) is 0 Å². The van der Waals surface area contributed by atoms with Crippen LogP contribution in [0.2, 0.25) is 0 Å². The number of nitrogen functional groups attached to an aromatic ring is 1. The zero-order valence-corrected chi connectivity index (χ0v) is 8.93. The molecule has 0 saturated carbocycles. The third kappa shape index (κ3) is 3.41. The van der Waals surface area contributed by atoms with Crippen LogP contribution in [0.25, 0.3) is 0 Å². The lowest BCUT2D eigenvalue weighted by Crippen LogP contribution is -2.46. The van der Waals surface area contributed by atoms with E-state index in [4.69, 9.17) is 5.73 Å². The molecule has 0 aliphatic carbocycles. The number of hydrogen-bond donors (Lipinski definition) is 1. The lowest BCUT2D eigenvalue weighted by atomic mass is 10.2. The van der Waals surface area contributed by atoms with Crippen LogP contribution in [0, 0.1) is 6.92 Å². The van der Waals surface area contributed by atoms with E-state index in [0.717, 1.165) is 12.3 Å². The highest BCUT2D eigenvalue weighted by Gasteiger charge is 2.59. The Morgan fingerprint density at radius 3 is 2.06 bits per heavy atom. The zero-order valence-electron chi connectivity index (χ0n) is 8.93. The summed E-state index contributed by atoms with van der Waals surface area (Å²) in [6, 6.07) is 0.805. The van der Waals surface area contributed by atoms with Gasteiger partial charge in [-0.3, -0.25) is 0 Å². The summed E-state index contributed by atoms with van der Waals surface area (Å²) in [6.07, 6.45) is -14.1. The Hall–Kier alpha value is -1.67. The van der Waals surface area contributed by atoms with Crippen molar-refractivity contribution in [1.82, 2.24) is 4.98 Å². The molecule has 0 aliphatic heterocycles. The highest BCUT2D eigenvalue weighted by Crippen LogP contribution is 2.36. The Labute approximate surface area is 97.6 Å². The average molecular weight is 274 g/mol. The zero-order chi connectivity index (χ0) is 14.1. The molecule has 18 heavy (non-hydrogen) atoms. The molecule has 1 heterocycles. The molecule has 0 bridgehead atoms. The molecule has 102 valence electrons. The number of aromatic nitrogens is 1. The molecule has 0 aromatic carbocycles. The Morgan fingerprint density at radius 1 is 1.17 bits per heavy atom. The van der Waals surface area contributed by atoms with Gasteiger partial charge >= 0.3 is 12.4 Å². The lowest BCUT2D eigenvalue weighted by Gasteiger charge is -2.23. The van der Waals surface area contributed by atoms with Crippen LogP contribution in [0.5, 0.6) is 5.88 Å². The SMILES string of the molecule is Cc1cnc(OC(C(F)(F)F)C(F)(F)F)cc1N. The maximum absolute atomic E-state index is 12.2. The maximum Gasteiger partial charge on any atom is 0.434 e. The second-order valence-corrected chi connectivity index (χ2v) is 3.46. The summed E-state index contributed by atoms with van der Waals surface area (Å²) in [4.78, 5) is 3.30. The second kappa shape index (κ2) is 4.54. The van der Waals surface area contributed by atoms with Crippen LogP contribution < -0.4 is 10.5 Å². The van der Waals surface area contributed by atoms with Crippen molar-refractivity contribution < 1.29 is 31.1 Å². The summed E-state index contributed by atoms with van der Waals surface area (Å²) in [7, 11) is 0. The van der Waals surface area contributed by atoms with Crippen LogP contribution in [0.15, 0.2) is 12.3 Å². The number of nitrogens with two attached hydrogens (primary N) is 1. The second-order valence-electron chi connectivity index (χ2n) is 3.46.